The van der Waals surface area contributed by atoms with E-state index in [1.807, 2.05) is 42.6 Å². The highest BCUT2D eigenvalue weighted by Crippen LogP contribution is 2.50. The van der Waals surface area contributed by atoms with Crippen molar-refractivity contribution in [2.24, 2.45) is 0 Å². The molecule has 2 N–H and O–H groups in total. The summed E-state index contributed by atoms with van der Waals surface area (Å²) < 4.78 is 0. The van der Waals surface area contributed by atoms with Crippen LogP contribution in [0.4, 0.5) is 0 Å². The molecule has 3 aromatic rings. The molecule has 1 saturated carbocycles. The third-order valence-electron chi connectivity index (χ3n) is 7.66. The van der Waals surface area contributed by atoms with Crippen LogP contribution >= 0.6 is 0 Å². The minimum Gasteiger partial charge on any atom is -0.361 e. The quantitative estimate of drug-likeness (QED) is 0.528. The van der Waals surface area contributed by atoms with Gasteiger partial charge in [-0.3, -0.25) is 9.59 Å². The summed E-state index contributed by atoms with van der Waals surface area (Å²) in [6.45, 7) is 3.46. The second-order valence-corrected chi connectivity index (χ2v) is 9.54. The van der Waals surface area contributed by atoms with Crippen LogP contribution in [0.1, 0.15) is 72.9 Å². The Kier molecular flexibility index (Phi) is 5.96. The summed E-state index contributed by atoms with van der Waals surface area (Å²) >= 11 is 0. The van der Waals surface area contributed by atoms with Gasteiger partial charge in [-0.1, -0.05) is 62.6 Å². The first-order chi connectivity index (χ1) is 16.2. The zero-order chi connectivity index (χ0) is 22.8. The van der Waals surface area contributed by atoms with E-state index in [0.29, 0.717) is 12.1 Å². The molecule has 1 spiro atoms. The molecule has 33 heavy (non-hydrogen) atoms. The fourth-order valence-corrected chi connectivity index (χ4v) is 6.07. The van der Waals surface area contributed by atoms with Crippen LogP contribution in [0.15, 0.2) is 54.7 Å². The number of H-pyrrole nitrogens is 1. The molecule has 0 radical (unpaired) electrons. The highest BCUT2D eigenvalue weighted by Gasteiger charge is 2.55. The van der Waals surface area contributed by atoms with Crippen LogP contribution in [0.25, 0.3) is 10.9 Å². The Labute approximate surface area is 195 Å². The second kappa shape index (κ2) is 9.05. The number of rotatable bonds is 7. The van der Waals surface area contributed by atoms with E-state index < -0.39 is 5.54 Å². The molecule has 0 bridgehead atoms. The number of nitrogens with one attached hydrogen (secondary N) is 2. The summed E-state index contributed by atoms with van der Waals surface area (Å²) in [6.07, 6.45) is 8.74. The molecule has 1 aromatic heterocycles. The smallest absolute Gasteiger partial charge is 0.254 e. The summed E-state index contributed by atoms with van der Waals surface area (Å²) in [5.74, 6) is -0.157. The Balaban J connectivity index is 1.42. The Hall–Kier alpha value is -3.08. The van der Waals surface area contributed by atoms with E-state index in [2.05, 4.69) is 34.3 Å². The van der Waals surface area contributed by atoms with Crippen molar-refractivity contribution in [1.29, 1.82) is 0 Å². The maximum atomic E-state index is 13.8. The highest BCUT2D eigenvalue weighted by molar-refractivity contribution is 6.02. The number of hydrogen-bond acceptors (Lipinski definition) is 2. The molecule has 1 unspecified atom stereocenters. The molecule has 2 aliphatic rings. The lowest BCUT2D eigenvalue weighted by Crippen LogP contribution is -2.60. The molecule has 5 rings (SSSR count). The average Bonchev–Trinajstić information content (AvgIpc) is 3.47. The Morgan fingerprint density at radius 2 is 1.88 bits per heavy atom. The van der Waals surface area contributed by atoms with E-state index in [0.717, 1.165) is 62.6 Å². The van der Waals surface area contributed by atoms with Crippen molar-refractivity contribution in [1.82, 2.24) is 15.2 Å². The lowest BCUT2D eigenvalue weighted by Gasteiger charge is -2.50. The summed E-state index contributed by atoms with van der Waals surface area (Å²) in [7, 11) is 0. The summed E-state index contributed by atoms with van der Waals surface area (Å²) in [5.41, 5.74) is 3.54. The standard InChI is InChI=1S/C28H33N3O2/c1-2-3-18-31-27(33)23-12-5-4-11-22(23)25(28(31)15-8-9-16-28)26(32)29-17-14-20-19-30-24-13-7-6-10-21(20)24/h4-7,10-13,19,25,30H,2-3,8-9,14-18H2,1H3,(H,29,32). The Morgan fingerprint density at radius 1 is 1.12 bits per heavy atom. The molecule has 5 nitrogen and oxygen atoms in total. The number of unbranched alkanes of at least 4 members (excludes halogenated alkanes) is 1. The molecular formula is C28H33N3O2. The number of aromatic nitrogens is 1. The van der Waals surface area contributed by atoms with E-state index in [1.165, 1.54) is 10.9 Å². The van der Waals surface area contributed by atoms with Crippen molar-refractivity contribution in [3.63, 3.8) is 0 Å². The van der Waals surface area contributed by atoms with Gasteiger partial charge in [-0.15, -0.1) is 0 Å². The van der Waals surface area contributed by atoms with Crippen molar-refractivity contribution in [2.45, 2.75) is 63.3 Å². The van der Waals surface area contributed by atoms with Gasteiger partial charge in [0.2, 0.25) is 5.91 Å². The highest BCUT2D eigenvalue weighted by atomic mass is 16.2. The minimum atomic E-state index is -0.397. The van der Waals surface area contributed by atoms with Crippen LogP contribution in [0.3, 0.4) is 0 Å². The molecule has 1 aliphatic carbocycles. The van der Waals surface area contributed by atoms with Crippen molar-refractivity contribution in [3.8, 4) is 0 Å². The average molecular weight is 444 g/mol. The number of fused-ring (bicyclic) bond motifs is 2. The molecule has 0 saturated heterocycles. The van der Waals surface area contributed by atoms with Gasteiger partial charge < -0.3 is 15.2 Å². The van der Waals surface area contributed by atoms with Crippen LogP contribution in [-0.2, 0) is 11.2 Å². The maximum Gasteiger partial charge on any atom is 0.254 e. The first-order valence-corrected chi connectivity index (χ1v) is 12.4. The first kappa shape index (κ1) is 21.7. The predicted octanol–water partition coefficient (Wildman–Crippen LogP) is 5.18. The number of aromatic amines is 1. The largest absolute Gasteiger partial charge is 0.361 e. The molecule has 172 valence electrons. The van der Waals surface area contributed by atoms with E-state index >= 15 is 0 Å². The number of carbonyl (C=O) groups is 2. The molecule has 5 heteroatoms. The number of amides is 2. The monoisotopic (exact) mass is 443 g/mol. The van der Waals surface area contributed by atoms with E-state index in [4.69, 9.17) is 0 Å². The lowest BCUT2D eigenvalue weighted by molar-refractivity contribution is -0.126. The Bertz CT molecular complexity index is 1160. The molecule has 1 fully saturated rings. The van der Waals surface area contributed by atoms with Gasteiger partial charge in [0.1, 0.15) is 0 Å². The zero-order valence-electron chi connectivity index (χ0n) is 19.4. The Morgan fingerprint density at radius 3 is 2.70 bits per heavy atom. The van der Waals surface area contributed by atoms with Crippen LogP contribution < -0.4 is 5.32 Å². The molecule has 2 heterocycles. The van der Waals surface area contributed by atoms with Gasteiger partial charge in [-0.2, -0.15) is 0 Å². The molecular weight excluding hydrogens is 410 g/mol. The summed E-state index contributed by atoms with van der Waals surface area (Å²) in [6, 6.07) is 16.0. The molecule has 1 aliphatic heterocycles. The van der Waals surface area contributed by atoms with Crippen LogP contribution in [0.5, 0.6) is 0 Å². The zero-order valence-corrected chi connectivity index (χ0v) is 19.4. The van der Waals surface area contributed by atoms with E-state index in [9.17, 15) is 9.59 Å². The van der Waals surface area contributed by atoms with Gasteiger partial charge in [0.05, 0.1) is 11.5 Å². The van der Waals surface area contributed by atoms with Gasteiger partial charge in [0.25, 0.3) is 5.91 Å². The van der Waals surface area contributed by atoms with Crippen molar-refractivity contribution < 1.29 is 9.59 Å². The fourth-order valence-electron chi connectivity index (χ4n) is 6.07. The van der Waals surface area contributed by atoms with Crippen molar-refractivity contribution >= 4 is 22.7 Å². The fraction of sp³-hybridized carbons (Fsp3) is 0.429. The van der Waals surface area contributed by atoms with Gasteiger partial charge in [0.15, 0.2) is 0 Å². The topological polar surface area (TPSA) is 65.2 Å². The molecule has 1 atom stereocenters. The number of benzene rings is 2. The maximum absolute atomic E-state index is 13.8. The van der Waals surface area contributed by atoms with Crippen LogP contribution in [0.2, 0.25) is 0 Å². The van der Waals surface area contributed by atoms with Crippen molar-refractivity contribution in [3.05, 3.63) is 71.4 Å². The first-order valence-electron chi connectivity index (χ1n) is 12.4. The summed E-state index contributed by atoms with van der Waals surface area (Å²) in [5, 5.41) is 4.45. The van der Waals surface area contributed by atoms with Crippen LogP contribution in [-0.4, -0.2) is 40.3 Å². The lowest BCUT2D eigenvalue weighted by atomic mass is 9.71. The van der Waals surface area contributed by atoms with E-state index in [-0.39, 0.29) is 17.7 Å². The third kappa shape index (κ3) is 3.73. The number of para-hydroxylation sites is 1. The summed E-state index contributed by atoms with van der Waals surface area (Å²) in [4.78, 5) is 32.7. The van der Waals surface area contributed by atoms with Crippen molar-refractivity contribution in [2.75, 3.05) is 13.1 Å². The van der Waals surface area contributed by atoms with Gasteiger partial charge in [-0.05, 0) is 48.9 Å². The van der Waals surface area contributed by atoms with Gasteiger partial charge in [-0.25, -0.2) is 0 Å². The molecule has 2 amide bonds. The SMILES string of the molecule is CCCCN1C(=O)c2ccccc2C(C(=O)NCCc2c[nH]c3ccccc23)C12CCCC2. The predicted molar refractivity (Wildman–Crippen MR) is 131 cm³/mol. The number of carbonyl (C=O) groups excluding carboxylic acids is 2. The molecule has 2 aromatic carbocycles. The normalized spacial score (nSPS) is 19.2. The number of hydrogen-bond donors (Lipinski definition) is 2. The minimum absolute atomic E-state index is 0.0539. The van der Waals surface area contributed by atoms with Crippen LogP contribution in [0, 0.1) is 0 Å². The van der Waals surface area contributed by atoms with Gasteiger partial charge in [0, 0.05) is 35.8 Å². The van der Waals surface area contributed by atoms with E-state index in [1.54, 1.807) is 0 Å². The second-order valence-electron chi connectivity index (χ2n) is 9.54. The number of nitrogens with zero attached hydrogens (tertiary/aromatic N) is 1. The van der Waals surface area contributed by atoms with Gasteiger partial charge >= 0.3 is 0 Å². The third-order valence-corrected chi connectivity index (χ3v) is 7.66.